The third-order valence-electron chi connectivity index (χ3n) is 4.77. The van der Waals surface area contributed by atoms with Crippen LogP contribution in [-0.2, 0) is 11.0 Å². The van der Waals surface area contributed by atoms with Crippen molar-refractivity contribution < 1.29 is 18.0 Å². The first-order valence-corrected chi connectivity index (χ1v) is 10.0. The number of amides is 1. The summed E-state index contributed by atoms with van der Waals surface area (Å²) in [4.78, 5) is 19.7. The van der Waals surface area contributed by atoms with Gasteiger partial charge in [0.15, 0.2) is 0 Å². The maximum Gasteiger partial charge on any atom is 0.451 e. The smallest absolute Gasteiger partial charge is 0.355 e. The lowest BCUT2D eigenvalue weighted by atomic mass is 9.89. The molecule has 27 heavy (non-hydrogen) atoms. The van der Waals surface area contributed by atoms with E-state index < -0.39 is 17.3 Å². The Morgan fingerprint density at radius 1 is 1.22 bits per heavy atom. The van der Waals surface area contributed by atoms with E-state index in [9.17, 15) is 18.0 Å². The lowest BCUT2D eigenvalue weighted by Crippen LogP contribution is -2.35. The van der Waals surface area contributed by atoms with Crippen molar-refractivity contribution >= 4 is 28.6 Å². The summed E-state index contributed by atoms with van der Waals surface area (Å²) >= 11 is 1.03. The van der Waals surface area contributed by atoms with E-state index in [1.165, 1.54) is 25.3 Å². The van der Waals surface area contributed by atoms with Crippen LogP contribution in [0.15, 0.2) is 29.3 Å². The lowest BCUT2D eigenvalue weighted by Gasteiger charge is -2.22. The third kappa shape index (κ3) is 5.12. The molecule has 1 fully saturated rings. The van der Waals surface area contributed by atoms with Gasteiger partial charge in [0.1, 0.15) is 5.03 Å². The van der Waals surface area contributed by atoms with Gasteiger partial charge in [-0.1, -0.05) is 49.2 Å². The Morgan fingerprint density at radius 3 is 2.63 bits per heavy atom. The molecule has 1 saturated carbocycles. The zero-order valence-corrected chi connectivity index (χ0v) is 15.9. The summed E-state index contributed by atoms with van der Waals surface area (Å²) in [5, 5.41) is 3.08. The summed E-state index contributed by atoms with van der Waals surface area (Å²) in [6.07, 6.45) is 1.24. The predicted octanol–water partition coefficient (Wildman–Crippen LogP) is 4.83. The minimum Gasteiger partial charge on any atom is -0.355 e. The molecule has 1 aliphatic carbocycles. The second-order valence-electron chi connectivity index (χ2n) is 6.88. The highest BCUT2D eigenvalue weighted by atomic mass is 32.2. The van der Waals surface area contributed by atoms with E-state index >= 15 is 0 Å². The van der Waals surface area contributed by atoms with Crippen molar-refractivity contribution in [1.82, 2.24) is 15.3 Å². The molecule has 0 aliphatic heterocycles. The van der Waals surface area contributed by atoms with Crippen LogP contribution in [0.1, 0.15) is 44.9 Å². The van der Waals surface area contributed by atoms with Crippen LogP contribution in [0.2, 0.25) is 0 Å². The number of carbonyl (C=O) groups excluding carboxylic acids is 1. The molecule has 1 heterocycles. The molecule has 0 spiro atoms. The highest BCUT2D eigenvalue weighted by Crippen LogP contribution is 2.33. The summed E-state index contributed by atoms with van der Waals surface area (Å²) in [5.41, 5.74) is 0.220. The quantitative estimate of drug-likeness (QED) is 0.580. The summed E-state index contributed by atoms with van der Waals surface area (Å²) in [6, 6.07) is 6.54. The Kier molecular flexibility index (Phi) is 6.24. The van der Waals surface area contributed by atoms with Crippen LogP contribution >= 0.6 is 11.8 Å². The van der Waals surface area contributed by atoms with Gasteiger partial charge in [-0.05, 0) is 31.7 Å². The number of hydrogen-bond donors (Lipinski definition) is 1. The van der Waals surface area contributed by atoms with Crippen LogP contribution in [0.4, 0.5) is 13.2 Å². The molecule has 1 N–H and O–H groups in total. The number of carbonyl (C=O) groups is 1. The summed E-state index contributed by atoms with van der Waals surface area (Å²) < 4.78 is 39.3. The predicted molar refractivity (Wildman–Crippen MR) is 99.4 cm³/mol. The molecule has 3 rings (SSSR count). The molecular weight excluding hydrogens is 375 g/mol. The Morgan fingerprint density at radius 2 is 1.93 bits per heavy atom. The molecule has 8 heteroatoms. The molecule has 1 aromatic heterocycles. The normalized spacial score (nSPS) is 17.0. The van der Waals surface area contributed by atoms with E-state index in [1.54, 1.807) is 25.1 Å². The van der Waals surface area contributed by atoms with Crippen LogP contribution in [0, 0.1) is 5.92 Å². The summed E-state index contributed by atoms with van der Waals surface area (Å²) in [7, 11) is 0. The average molecular weight is 397 g/mol. The first-order valence-electron chi connectivity index (χ1n) is 9.13. The van der Waals surface area contributed by atoms with E-state index in [-0.39, 0.29) is 16.4 Å². The number of hydrogen-bond acceptors (Lipinski definition) is 4. The van der Waals surface area contributed by atoms with Gasteiger partial charge in [-0.2, -0.15) is 13.2 Å². The van der Waals surface area contributed by atoms with Crippen molar-refractivity contribution in [2.75, 3.05) is 6.54 Å². The molecule has 1 unspecified atom stereocenters. The number of halogens is 3. The van der Waals surface area contributed by atoms with E-state index in [0.29, 0.717) is 17.8 Å². The fourth-order valence-corrected chi connectivity index (χ4v) is 4.23. The van der Waals surface area contributed by atoms with Crippen molar-refractivity contribution in [2.24, 2.45) is 5.92 Å². The molecule has 0 saturated heterocycles. The zero-order chi connectivity index (χ0) is 19.4. The summed E-state index contributed by atoms with van der Waals surface area (Å²) in [5.74, 6) is -0.864. The molecule has 1 aliphatic rings. The average Bonchev–Trinajstić information content (AvgIpc) is 2.66. The van der Waals surface area contributed by atoms with Gasteiger partial charge < -0.3 is 5.32 Å². The van der Waals surface area contributed by atoms with Crippen molar-refractivity contribution in [1.29, 1.82) is 0 Å². The lowest BCUT2D eigenvalue weighted by molar-refractivity contribution is -0.145. The maximum absolute atomic E-state index is 13.1. The number of alkyl halides is 3. The van der Waals surface area contributed by atoms with E-state index in [1.807, 2.05) is 0 Å². The number of nitrogens with zero attached hydrogens (tertiary/aromatic N) is 2. The van der Waals surface area contributed by atoms with Gasteiger partial charge in [0.2, 0.25) is 11.7 Å². The molecule has 0 radical (unpaired) electrons. The number of para-hydroxylation sites is 1. The molecule has 1 atom stereocenters. The third-order valence-corrected chi connectivity index (χ3v) is 5.87. The Labute approximate surface area is 160 Å². The topological polar surface area (TPSA) is 54.9 Å². The molecule has 1 amide bonds. The molecule has 4 nitrogen and oxygen atoms in total. The van der Waals surface area contributed by atoms with Crippen molar-refractivity contribution in [3.05, 3.63) is 30.1 Å². The largest absolute Gasteiger partial charge is 0.451 e. The van der Waals surface area contributed by atoms with Crippen molar-refractivity contribution in [3.63, 3.8) is 0 Å². The second kappa shape index (κ2) is 8.46. The molecule has 1 aromatic carbocycles. The number of aromatic nitrogens is 2. The first kappa shape index (κ1) is 19.9. The Balaban J connectivity index is 1.73. The van der Waals surface area contributed by atoms with Crippen LogP contribution in [0.5, 0.6) is 0 Å². The van der Waals surface area contributed by atoms with E-state index in [4.69, 9.17) is 0 Å². The van der Waals surface area contributed by atoms with E-state index in [2.05, 4.69) is 15.3 Å². The van der Waals surface area contributed by atoms with Gasteiger partial charge in [-0.15, -0.1) is 0 Å². The monoisotopic (exact) mass is 397 g/mol. The van der Waals surface area contributed by atoms with Crippen LogP contribution in [0.25, 0.3) is 10.9 Å². The molecule has 146 valence electrons. The molecule has 2 aromatic rings. The maximum atomic E-state index is 13.1. The number of thioether (sulfide) groups is 1. The van der Waals surface area contributed by atoms with Gasteiger partial charge in [-0.3, -0.25) is 4.79 Å². The minimum absolute atomic E-state index is 0.174. The SMILES string of the molecule is CC(Sc1nc(C(F)(F)F)nc2ccccc12)C(=O)NCC1CCCCC1. The number of nitrogens with one attached hydrogen (secondary N) is 1. The fourth-order valence-electron chi connectivity index (χ4n) is 3.26. The first-order chi connectivity index (χ1) is 12.8. The summed E-state index contributed by atoms with van der Waals surface area (Å²) in [6.45, 7) is 2.31. The van der Waals surface area contributed by atoms with Gasteiger partial charge in [0.25, 0.3) is 0 Å². The number of benzene rings is 1. The standard InChI is InChI=1S/C19H22F3N3OS/c1-12(16(26)23-11-13-7-3-2-4-8-13)27-17-14-9-5-6-10-15(14)24-18(25-17)19(20,21)22/h5-6,9-10,12-13H,2-4,7-8,11H2,1H3,(H,23,26). The van der Waals surface area contributed by atoms with Crippen LogP contribution < -0.4 is 5.32 Å². The molecular formula is C19H22F3N3OS. The molecule has 0 bridgehead atoms. The van der Waals surface area contributed by atoms with Crippen molar-refractivity contribution in [2.45, 2.75) is 55.5 Å². The number of rotatable bonds is 5. The van der Waals surface area contributed by atoms with Crippen LogP contribution in [-0.4, -0.2) is 27.7 Å². The highest BCUT2D eigenvalue weighted by molar-refractivity contribution is 8.00. The fraction of sp³-hybridized carbons (Fsp3) is 0.526. The highest BCUT2D eigenvalue weighted by Gasteiger charge is 2.36. The zero-order valence-electron chi connectivity index (χ0n) is 15.1. The van der Waals surface area contributed by atoms with E-state index in [0.717, 1.165) is 24.6 Å². The van der Waals surface area contributed by atoms with Gasteiger partial charge in [0.05, 0.1) is 10.8 Å². The Bertz CT molecular complexity index is 806. The van der Waals surface area contributed by atoms with Gasteiger partial charge in [-0.25, -0.2) is 9.97 Å². The Hall–Kier alpha value is -1.83. The van der Waals surface area contributed by atoms with Crippen LogP contribution in [0.3, 0.4) is 0 Å². The number of fused-ring (bicyclic) bond motifs is 1. The van der Waals surface area contributed by atoms with Gasteiger partial charge >= 0.3 is 6.18 Å². The minimum atomic E-state index is -4.63. The van der Waals surface area contributed by atoms with Crippen molar-refractivity contribution in [3.8, 4) is 0 Å². The second-order valence-corrected chi connectivity index (χ2v) is 8.21. The van der Waals surface area contributed by atoms with Gasteiger partial charge in [0, 0.05) is 11.9 Å².